The molecule has 1 unspecified atom stereocenters. The molecule has 7 rings (SSSR count). The Morgan fingerprint density at radius 1 is 1.02 bits per heavy atom. The van der Waals surface area contributed by atoms with E-state index in [1.165, 1.54) is 25.1 Å². The largest absolute Gasteiger partial charge is 0.462 e. The van der Waals surface area contributed by atoms with Crippen LogP contribution in [0, 0.1) is 40.0 Å². The molecule has 0 N–H and O–H groups in total. The molecule has 5 aromatic rings. The second-order valence-electron chi connectivity index (χ2n) is 12.5. The van der Waals surface area contributed by atoms with Crippen LogP contribution in [-0.4, -0.2) is 22.1 Å². The van der Waals surface area contributed by atoms with Crippen LogP contribution in [0.3, 0.4) is 0 Å². The molecule has 2 heterocycles. The van der Waals surface area contributed by atoms with Gasteiger partial charge in [0, 0.05) is 47.9 Å². The van der Waals surface area contributed by atoms with E-state index in [9.17, 15) is 14.4 Å². The molecule has 2 aliphatic rings. The maximum atomic E-state index is 15.9. The molecule has 1 aliphatic carbocycles. The lowest BCUT2D eigenvalue weighted by Crippen LogP contribution is -2.32. The fraction of sp³-hybridized carbons (Fsp3) is 0.270. The maximum absolute atomic E-state index is 15.9. The Morgan fingerprint density at radius 2 is 1.78 bits per heavy atom. The van der Waals surface area contributed by atoms with E-state index >= 15 is 13.2 Å². The van der Waals surface area contributed by atoms with Crippen molar-refractivity contribution in [3.8, 4) is 28.7 Å². The lowest BCUT2D eigenvalue weighted by atomic mass is 10.00. The van der Waals surface area contributed by atoms with Crippen LogP contribution >= 0.6 is 11.6 Å². The number of esters is 1. The van der Waals surface area contributed by atoms with Gasteiger partial charge in [0.1, 0.15) is 28.8 Å². The van der Waals surface area contributed by atoms with Crippen LogP contribution in [0.1, 0.15) is 60.4 Å². The standard InChI is InChI=1S/C37H28ClF4N3O4/c1-3-47-35(46)21-15-29(42)33-30(16-21)45(19-37(9-10-37)11-12-43)32(44-33)18-24-26(39)13-20(14-27(24)40)23-5-4-6-31-34(23)49-36(2,48-31)25-8-7-22(38)17-28(25)41/h4-8,13-17H,3,9-11,18-19H2,1-2H3. The summed E-state index contributed by atoms with van der Waals surface area (Å²) in [5.74, 6) is -4.90. The Bertz CT molecular complexity index is 2190. The molecular formula is C37H28ClF4N3O4. The number of hydrogen-bond donors (Lipinski definition) is 0. The molecule has 1 aliphatic heterocycles. The number of fused-ring (bicyclic) bond motifs is 2. The molecule has 1 atom stereocenters. The molecule has 4 aromatic carbocycles. The van der Waals surface area contributed by atoms with E-state index < -0.39 is 40.4 Å². The quantitative estimate of drug-likeness (QED) is 0.113. The molecule has 0 spiro atoms. The summed E-state index contributed by atoms with van der Waals surface area (Å²) >= 11 is 5.92. The molecule has 250 valence electrons. The smallest absolute Gasteiger partial charge is 0.338 e. The van der Waals surface area contributed by atoms with E-state index in [1.54, 1.807) is 29.7 Å². The zero-order chi connectivity index (χ0) is 34.7. The number of para-hydroxylation sites is 1. The van der Waals surface area contributed by atoms with Crippen LogP contribution in [0.15, 0.2) is 60.7 Å². The fourth-order valence-electron chi connectivity index (χ4n) is 6.35. The molecule has 0 radical (unpaired) electrons. The van der Waals surface area contributed by atoms with Crippen molar-refractivity contribution < 1.29 is 36.6 Å². The average Bonchev–Trinajstić information content (AvgIpc) is 3.58. The lowest BCUT2D eigenvalue weighted by molar-refractivity contribution is -0.0705. The molecule has 0 saturated heterocycles. The highest BCUT2D eigenvalue weighted by atomic mass is 35.5. The Morgan fingerprint density at radius 3 is 2.45 bits per heavy atom. The SMILES string of the molecule is CCOC(=O)c1cc(F)c2nc(Cc3c(F)cc(-c4cccc5c4OC(C)(c4ccc(Cl)cc4F)O5)cc3F)n(CC3(CC#N)CC3)c2c1. The molecule has 1 aromatic heterocycles. The monoisotopic (exact) mass is 689 g/mol. The van der Waals surface area contributed by atoms with Gasteiger partial charge in [-0.1, -0.05) is 23.7 Å². The summed E-state index contributed by atoms with van der Waals surface area (Å²) in [4.78, 5) is 16.9. The first-order valence-corrected chi connectivity index (χ1v) is 16.0. The van der Waals surface area contributed by atoms with Crippen molar-refractivity contribution in [2.75, 3.05) is 6.61 Å². The van der Waals surface area contributed by atoms with Crippen molar-refractivity contribution in [3.63, 3.8) is 0 Å². The molecule has 49 heavy (non-hydrogen) atoms. The van der Waals surface area contributed by atoms with Crippen LogP contribution in [0.5, 0.6) is 11.5 Å². The van der Waals surface area contributed by atoms with E-state index in [4.69, 9.17) is 25.8 Å². The van der Waals surface area contributed by atoms with Crippen molar-refractivity contribution in [2.45, 2.75) is 51.9 Å². The zero-order valence-electron chi connectivity index (χ0n) is 26.4. The fourth-order valence-corrected chi connectivity index (χ4v) is 6.51. The Kier molecular flexibility index (Phi) is 8.02. The third kappa shape index (κ3) is 5.84. The van der Waals surface area contributed by atoms with E-state index in [0.717, 1.165) is 37.1 Å². The van der Waals surface area contributed by atoms with Gasteiger partial charge in [0.25, 0.3) is 5.79 Å². The van der Waals surface area contributed by atoms with Gasteiger partial charge in [-0.2, -0.15) is 5.26 Å². The highest BCUT2D eigenvalue weighted by Gasteiger charge is 2.44. The summed E-state index contributed by atoms with van der Waals surface area (Å²) in [6.07, 6.45) is 1.38. The first-order chi connectivity index (χ1) is 23.4. The number of halogens is 5. The van der Waals surface area contributed by atoms with Gasteiger partial charge in [0.15, 0.2) is 17.3 Å². The van der Waals surface area contributed by atoms with Gasteiger partial charge in [-0.3, -0.25) is 0 Å². The summed E-state index contributed by atoms with van der Waals surface area (Å²) in [5, 5.41) is 9.63. The van der Waals surface area contributed by atoms with Crippen molar-refractivity contribution in [1.82, 2.24) is 9.55 Å². The molecule has 1 saturated carbocycles. The van der Waals surface area contributed by atoms with Crippen molar-refractivity contribution in [2.24, 2.45) is 5.41 Å². The van der Waals surface area contributed by atoms with Gasteiger partial charge in [-0.05, 0) is 73.9 Å². The molecule has 1 fully saturated rings. The summed E-state index contributed by atoms with van der Waals surface area (Å²) in [5.41, 5.74) is 0.00779. The third-order valence-electron chi connectivity index (χ3n) is 9.09. The highest BCUT2D eigenvalue weighted by molar-refractivity contribution is 6.30. The third-order valence-corrected chi connectivity index (χ3v) is 9.33. The van der Waals surface area contributed by atoms with Crippen LogP contribution in [0.2, 0.25) is 5.02 Å². The maximum Gasteiger partial charge on any atom is 0.338 e. The molecule has 7 nitrogen and oxygen atoms in total. The molecule has 0 bridgehead atoms. The summed E-state index contributed by atoms with van der Waals surface area (Å²) in [6, 6.07) is 15.9. The lowest BCUT2D eigenvalue weighted by Gasteiger charge is -2.24. The zero-order valence-corrected chi connectivity index (χ0v) is 27.1. The van der Waals surface area contributed by atoms with Crippen LogP contribution in [0.4, 0.5) is 17.6 Å². The molecule has 0 amide bonds. The molecular weight excluding hydrogens is 662 g/mol. The van der Waals surface area contributed by atoms with E-state index in [1.807, 2.05) is 0 Å². The van der Waals surface area contributed by atoms with Crippen LogP contribution in [-0.2, 0) is 23.5 Å². The predicted molar refractivity (Wildman–Crippen MR) is 172 cm³/mol. The number of carbonyl (C=O) groups is 1. The number of aromatic nitrogens is 2. The van der Waals surface area contributed by atoms with Crippen LogP contribution in [0.25, 0.3) is 22.2 Å². The highest BCUT2D eigenvalue weighted by Crippen LogP contribution is 2.51. The second-order valence-corrected chi connectivity index (χ2v) is 12.9. The number of rotatable bonds is 9. The van der Waals surface area contributed by atoms with Crippen molar-refractivity contribution in [1.29, 1.82) is 5.26 Å². The van der Waals surface area contributed by atoms with Crippen molar-refractivity contribution >= 4 is 28.6 Å². The number of ether oxygens (including phenoxy) is 3. The summed E-state index contributed by atoms with van der Waals surface area (Å²) in [6.45, 7) is 3.50. The van der Waals surface area contributed by atoms with Gasteiger partial charge in [0.05, 0.1) is 29.3 Å². The Labute approximate surface area is 283 Å². The number of benzene rings is 4. The Balaban J connectivity index is 1.26. The number of nitrogens with zero attached hydrogens (tertiary/aromatic N) is 3. The van der Waals surface area contributed by atoms with E-state index in [0.29, 0.717) is 5.56 Å². The van der Waals surface area contributed by atoms with Gasteiger partial charge in [-0.25, -0.2) is 27.3 Å². The van der Waals surface area contributed by atoms with Gasteiger partial charge in [0.2, 0.25) is 0 Å². The summed E-state index contributed by atoms with van der Waals surface area (Å²) < 4.78 is 80.9. The predicted octanol–water partition coefficient (Wildman–Crippen LogP) is 9.02. The number of carbonyl (C=O) groups excluding carboxylic acids is 1. The minimum atomic E-state index is -1.57. The Hall–Kier alpha value is -5.08. The van der Waals surface area contributed by atoms with Gasteiger partial charge < -0.3 is 18.8 Å². The van der Waals surface area contributed by atoms with Gasteiger partial charge >= 0.3 is 5.97 Å². The van der Waals surface area contributed by atoms with Crippen LogP contribution < -0.4 is 9.47 Å². The first-order valence-electron chi connectivity index (χ1n) is 15.6. The van der Waals surface area contributed by atoms with E-state index in [-0.39, 0.29) is 81.6 Å². The normalized spacial score (nSPS) is 17.3. The summed E-state index contributed by atoms with van der Waals surface area (Å²) in [7, 11) is 0. The molecule has 12 heteroatoms. The number of hydrogen-bond acceptors (Lipinski definition) is 6. The van der Waals surface area contributed by atoms with Gasteiger partial charge in [-0.15, -0.1) is 0 Å². The minimum absolute atomic E-state index is 0.0251. The first kappa shape index (κ1) is 32.5. The van der Waals surface area contributed by atoms with Crippen molar-refractivity contribution in [3.05, 3.63) is 111 Å². The minimum Gasteiger partial charge on any atom is -0.462 e. The topological polar surface area (TPSA) is 86.4 Å². The number of nitriles is 1. The second kappa shape index (κ2) is 12.1. The van der Waals surface area contributed by atoms with E-state index in [2.05, 4.69) is 11.1 Å². The average molecular weight is 690 g/mol. The number of imidazole rings is 1.